The Hall–Kier alpha value is -2.97. The molecule has 0 radical (unpaired) electrons. The van der Waals surface area contributed by atoms with Crippen LogP contribution in [0.2, 0.25) is 18.1 Å². The Morgan fingerprint density at radius 2 is 1.60 bits per heavy atom. The van der Waals surface area contributed by atoms with Crippen molar-refractivity contribution in [3.05, 3.63) is 59.3 Å². The van der Waals surface area contributed by atoms with E-state index in [0.717, 1.165) is 10.2 Å². The predicted molar refractivity (Wildman–Crippen MR) is 140 cm³/mol. The summed E-state index contributed by atoms with van der Waals surface area (Å²) < 4.78 is 18.2. The van der Waals surface area contributed by atoms with Gasteiger partial charge in [-0.05, 0) is 56.6 Å². The Morgan fingerprint density at radius 3 is 2.14 bits per heavy atom. The Kier molecular flexibility index (Phi) is 7.29. The lowest BCUT2D eigenvalue weighted by atomic mass is 10.0. The van der Waals surface area contributed by atoms with Crippen LogP contribution in [0.15, 0.2) is 42.5 Å². The van der Waals surface area contributed by atoms with E-state index in [1.54, 1.807) is 51.1 Å². The molecule has 0 spiro atoms. The SMILES string of the molecule is COc1ccc2c(C(=O)c3ccc(CO[Si](C)(C)C(C)(C)C)cc3)nn(C(=O)OC(C)(C)C)c2c1. The van der Waals surface area contributed by atoms with E-state index in [1.807, 2.05) is 12.1 Å². The average molecular weight is 497 g/mol. The number of fused-ring (bicyclic) bond motifs is 1. The smallest absolute Gasteiger partial charge is 0.435 e. The largest absolute Gasteiger partial charge is 0.497 e. The summed E-state index contributed by atoms with van der Waals surface area (Å²) in [5.41, 5.74) is 1.40. The van der Waals surface area contributed by atoms with Crippen molar-refractivity contribution in [1.82, 2.24) is 9.78 Å². The van der Waals surface area contributed by atoms with Crippen LogP contribution in [0.3, 0.4) is 0 Å². The molecule has 8 heteroatoms. The fourth-order valence-electron chi connectivity index (χ4n) is 3.20. The van der Waals surface area contributed by atoms with Gasteiger partial charge in [0.05, 0.1) is 19.2 Å². The lowest BCUT2D eigenvalue weighted by Gasteiger charge is -2.36. The van der Waals surface area contributed by atoms with Crippen LogP contribution < -0.4 is 4.74 Å². The average Bonchev–Trinajstić information content (AvgIpc) is 3.14. The minimum Gasteiger partial charge on any atom is -0.497 e. The number of ether oxygens (including phenoxy) is 2. The first kappa shape index (κ1) is 26.6. The lowest BCUT2D eigenvalue weighted by molar-refractivity contribution is 0.0522. The summed E-state index contributed by atoms with van der Waals surface area (Å²) >= 11 is 0. The maximum absolute atomic E-state index is 13.4. The monoisotopic (exact) mass is 496 g/mol. The molecule has 0 atom stereocenters. The van der Waals surface area contributed by atoms with Gasteiger partial charge in [0.2, 0.25) is 5.78 Å². The molecule has 0 aliphatic rings. The Labute approximate surface area is 208 Å². The highest BCUT2D eigenvalue weighted by molar-refractivity contribution is 6.74. The van der Waals surface area contributed by atoms with Crippen LogP contribution in [0.1, 0.15) is 63.2 Å². The topological polar surface area (TPSA) is 79.7 Å². The normalized spacial score (nSPS) is 12.6. The summed E-state index contributed by atoms with van der Waals surface area (Å²) in [7, 11) is -0.334. The highest BCUT2D eigenvalue weighted by Crippen LogP contribution is 2.37. The van der Waals surface area contributed by atoms with Gasteiger partial charge in [-0.2, -0.15) is 9.78 Å². The Bertz CT molecular complexity index is 1230. The van der Waals surface area contributed by atoms with E-state index in [2.05, 4.69) is 39.0 Å². The number of aromatic nitrogens is 2. The molecule has 1 heterocycles. The molecule has 0 unspecified atom stereocenters. The van der Waals surface area contributed by atoms with Gasteiger partial charge in [-0.15, -0.1) is 0 Å². The van der Waals surface area contributed by atoms with E-state index in [4.69, 9.17) is 13.9 Å². The third-order valence-corrected chi connectivity index (χ3v) is 10.8. The molecule has 3 aromatic rings. The van der Waals surface area contributed by atoms with E-state index < -0.39 is 20.0 Å². The quantitative estimate of drug-likeness (QED) is 0.283. The fraction of sp³-hybridized carbons (Fsp3) is 0.444. The van der Waals surface area contributed by atoms with Crippen LogP contribution in [-0.2, 0) is 15.8 Å². The minimum atomic E-state index is -1.87. The molecule has 0 N–H and O–H groups in total. The molecule has 0 bridgehead atoms. The van der Waals surface area contributed by atoms with E-state index in [0.29, 0.717) is 28.8 Å². The number of methoxy groups -OCH3 is 1. The summed E-state index contributed by atoms with van der Waals surface area (Å²) in [6.45, 7) is 16.9. The van der Waals surface area contributed by atoms with Gasteiger partial charge in [-0.3, -0.25) is 4.79 Å². The molecule has 0 amide bonds. The first-order chi connectivity index (χ1) is 16.1. The van der Waals surface area contributed by atoms with E-state index >= 15 is 0 Å². The summed E-state index contributed by atoms with van der Waals surface area (Å²) in [6.07, 6.45) is -0.659. The highest BCUT2D eigenvalue weighted by Gasteiger charge is 2.37. The molecule has 3 rings (SSSR count). The summed E-state index contributed by atoms with van der Waals surface area (Å²) in [5.74, 6) is 0.270. The van der Waals surface area contributed by atoms with Crippen molar-refractivity contribution in [2.24, 2.45) is 0 Å². The number of benzene rings is 2. The summed E-state index contributed by atoms with van der Waals surface area (Å²) in [5, 5.41) is 5.03. The fourth-order valence-corrected chi connectivity index (χ4v) is 4.16. The number of carbonyl (C=O) groups is 2. The van der Waals surface area contributed by atoms with Gasteiger partial charge in [0.15, 0.2) is 8.32 Å². The zero-order valence-electron chi connectivity index (χ0n) is 22.2. The molecule has 0 aliphatic heterocycles. The second-order valence-electron chi connectivity index (χ2n) is 11.2. The van der Waals surface area contributed by atoms with E-state index in [1.165, 1.54) is 7.11 Å². The third kappa shape index (κ3) is 6.00. The van der Waals surface area contributed by atoms with Crippen molar-refractivity contribution in [2.75, 3.05) is 7.11 Å². The molecular weight excluding hydrogens is 460 g/mol. The van der Waals surface area contributed by atoms with Gasteiger partial charge in [0, 0.05) is 17.0 Å². The van der Waals surface area contributed by atoms with E-state index in [9.17, 15) is 9.59 Å². The van der Waals surface area contributed by atoms with Gasteiger partial charge in [0.25, 0.3) is 0 Å². The summed E-state index contributed by atoms with van der Waals surface area (Å²) in [6, 6.07) is 12.5. The molecule has 0 saturated heterocycles. The van der Waals surface area contributed by atoms with Crippen molar-refractivity contribution >= 4 is 31.1 Å². The van der Waals surface area contributed by atoms with Gasteiger partial charge in [-0.25, -0.2) is 4.79 Å². The second kappa shape index (κ2) is 9.58. The van der Waals surface area contributed by atoms with Crippen molar-refractivity contribution in [3.8, 4) is 5.75 Å². The van der Waals surface area contributed by atoms with Gasteiger partial charge >= 0.3 is 6.09 Å². The van der Waals surface area contributed by atoms with Crippen molar-refractivity contribution < 1.29 is 23.5 Å². The van der Waals surface area contributed by atoms with Crippen LogP contribution in [0.25, 0.3) is 10.9 Å². The van der Waals surface area contributed by atoms with Crippen LogP contribution in [-0.4, -0.2) is 42.7 Å². The summed E-state index contributed by atoms with van der Waals surface area (Å²) in [4.78, 5) is 26.2. The lowest BCUT2D eigenvalue weighted by Crippen LogP contribution is -2.40. The van der Waals surface area contributed by atoms with E-state index in [-0.39, 0.29) is 16.5 Å². The van der Waals surface area contributed by atoms with Gasteiger partial charge in [0.1, 0.15) is 17.0 Å². The van der Waals surface area contributed by atoms with Crippen LogP contribution in [0.4, 0.5) is 4.79 Å². The predicted octanol–water partition coefficient (Wildman–Crippen LogP) is 6.58. The maximum Gasteiger partial charge on any atom is 0.435 e. The third-order valence-electron chi connectivity index (χ3n) is 6.29. The number of nitrogens with zero attached hydrogens (tertiary/aromatic N) is 2. The molecule has 0 saturated carbocycles. The zero-order chi connectivity index (χ0) is 26.2. The highest BCUT2D eigenvalue weighted by atomic mass is 28.4. The molecule has 7 nitrogen and oxygen atoms in total. The standard InChI is InChI=1S/C27H36N2O5Si/c1-26(2,3)34-25(31)29-22-16-20(32-7)14-15-21(22)23(28-29)24(30)19-12-10-18(11-13-19)17-33-35(8,9)27(4,5)6/h10-16H,17H2,1-9H3. The minimum absolute atomic E-state index is 0.125. The first-order valence-electron chi connectivity index (χ1n) is 11.7. The Morgan fingerprint density at radius 1 is 0.971 bits per heavy atom. The number of hydrogen-bond donors (Lipinski definition) is 0. The molecule has 35 heavy (non-hydrogen) atoms. The first-order valence-corrected chi connectivity index (χ1v) is 14.6. The zero-order valence-corrected chi connectivity index (χ0v) is 23.2. The molecule has 0 fully saturated rings. The number of rotatable bonds is 6. The maximum atomic E-state index is 13.4. The van der Waals surface area contributed by atoms with Crippen LogP contribution in [0.5, 0.6) is 5.75 Å². The van der Waals surface area contributed by atoms with Crippen LogP contribution >= 0.6 is 0 Å². The Balaban J connectivity index is 1.91. The number of hydrogen-bond acceptors (Lipinski definition) is 6. The van der Waals surface area contributed by atoms with Gasteiger partial charge in [-0.1, -0.05) is 45.0 Å². The molecule has 2 aromatic carbocycles. The van der Waals surface area contributed by atoms with Crippen molar-refractivity contribution in [3.63, 3.8) is 0 Å². The molecule has 0 aliphatic carbocycles. The number of carbonyl (C=O) groups excluding carboxylic acids is 2. The molecule has 188 valence electrons. The van der Waals surface area contributed by atoms with Crippen molar-refractivity contribution in [1.29, 1.82) is 0 Å². The second-order valence-corrected chi connectivity index (χ2v) is 16.0. The van der Waals surface area contributed by atoms with Crippen LogP contribution in [0, 0.1) is 0 Å². The molecule has 1 aromatic heterocycles. The van der Waals surface area contributed by atoms with Crippen molar-refractivity contribution in [2.45, 2.75) is 71.9 Å². The molecular formula is C27H36N2O5Si. The van der Waals surface area contributed by atoms with Gasteiger partial charge < -0.3 is 13.9 Å². The number of ketones is 1.